The molecule has 0 aliphatic rings. The summed E-state index contributed by atoms with van der Waals surface area (Å²) >= 11 is 4.81. The quantitative estimate of drug-likeness (QED) is 0.621. The van der Waals surface area contributed by atoms with Crippen molar-refractivity contribution >= 4 is 23.9 Å². The molecule has 0 atom stereocenters. The van der Waals surface area contributed by atoms with Gasteiger partial charge in [-0.05, 0) is 12.2 Å². The molecule has 0 saturated carbocycles. The van der Waals surface area contributed by atoms with Gasteiger partial charge in [0.15, 0.2) is 5.78 Å². The molecule has 5 nitrogen and oxygen atoms in total. The zero-order valence-electron chi connectivity index (χ0n) is 8.38. The Morgan fingerprint density at radius 2 is 2.12 bits per heavy atom. The van der Waals surface area contributed by atoms with Gasteiger partial charge in [-0.25, -0.2) is 4.68 Å². The van der Waals surface area contributed by atoms with Crippen molar-refractivity contribution in [1.29, 1.82) is 0 Å². The minimum absolute atomic E-state index is 0.0454. The first-order valence-corrected chi connectivity index (χ1v) is 5.08. The highest BCUT2D eigenvalue weighted by molar-refractivity contribution is 7.71. The Bertz CT molecular complexity index is 558. The van der Waals surface area contributed by atoms with Gasteiger partial charge in [0.1, 0.15) is 6.54 Å². The summed E-state index contributed by atoms with van der Waals surface area (Å²) in [5.41, 5.74) is 6.20. The highest BCUT2D eigenvalue weighted by atomic mass is 32.1. The first kappa shape index (κ1) is 10.6. The van der Waals surface area contributed by atoms with E-state index in [-0.39, 0.29) is 23.0 Å². The summed E-state index contributed by atoms with van der Waals surface area (Å²) in [6.45, 7) is 0.111. The summed E-state index contributed by atoms with van der Waals surface area (Å²) < 4.78 is 1.70. The summed E-state index contributed by atoms with van der Waals surface area (Å²) in [5.74, 6) is 0.172. The van der Waals surface area contributed by atoms with Crippen molar-refractivity contribution in [3.63, 3.8) is 0 Å². The maximum absolute atomic E-state index is 11.8. The van der Waals surface area contributed by atoms with Gasteiger partial charge in [-0.3, -0.25) is 9.89 Å². The maximum Gasteiger partial charge on any atom is 0.218 e. The van der Waals surface area contributed by atoms with Crippen LogP contribution in [0.1, 0.15) is 10.4 Å². The first-order valence-electron chi connectivity index (χ1n) is 4.67. The summed E-state index contributed by atoms with van der Waals surface area (Å²) in [6.07, 6.45) is 0. The molecule has 1 aromatic heterocycles. The predicted octanol–water partition coefficient (Wildman–Crippen LogP) is 1.41. The van der Waals surface area contributed by atoms with Crippen LogP contribution in [0.5, 0.6) is 0 Å². The molecule has 2 rings (SSSR count). The van der Waals surface area contributed by atoms with Gasteiger partial charge in [0, 0.05) is 5.56 Å². The molecule has 1 aromatic carbocycles. The van der Waals surface area contributed by atoms with Crippen LogP contribution < -0.4 is 5.73 Å². The van der Waals surface area contributed by atoms with Crippen LogP contribution in [-0.2, 0) is 6.54 Å². The molecule has 0 saturated heterocycles. The molecule has 0 radical (unpaired) electrons. The van der Waals surface area contributed by atoms with E-state index in [1.165, 1.54) is 4.68 Å². The van der Waals surface area contributed by atoms with E-state index in [0.717, 1.165) is 0 Å². The van der Waals surface area contributed by atoms with Crippen LogP contribution in [-0.4, -0.2) is 20.5 Å². The molecule has 1 heterocycles. The third kappa shape index (κ3) is 2.17. The first-order chi connectivity index (χ1) is 7.66. The van der Waals surface area contributed by atoms with E-state index in [4.69, 9.17) is 18.0 Å². The normalized spacial score (nSPS) is 10.2. The average Bonchev–Trinajstić information content (AvgIpc) is 2.59. The number of hydrogen-bond donors (Lipinski definition) is 2. The lowest BCUT2D eigenvalue weighted by Crippen LogP contribution is -2.13. The van der Waals surface area contributed by atoms with E-state index in [1.54, 1.807) is 12.1 Å². The van der Waals surface area contributed by atoms with Crippen molar-refractivity contribution in [3.8, 4) is 0 Å². The van der Waals surface area contributed by atoms with Crippen molar-refractivity contribution in [3.05, 3.63) is 40.7 Å². The molecule has 82 valence electrons. The number of aromatic nitrogens is 3. The summed E-state index contributed by atoms with van der Waals surface area (Å²) in [7, 11) is 0. The molecule has 0 aliphatic carbocycles. The van der Waals surface area contributed by atoms with Gasteiger partial charge in [-0.2, -0.15) is 4.98 Å². The molecule has 0 amide bonds. The van der Waals surface area contributed by atoms with Gasteiger partial charge >= 0.3 is 0 Å². The number of rotatable bonds is 3. The summed E-state index contributed by atoms with van der Waals surface area (Å²) in [4.78, 5) is 15.6. The van der Waals surface area contributed by atoms with E-state index < -0.39 is 0 Å². The van der Waals surface area contributed by atoms with Gasteiger partial charge in [0.25, 0.3) is 0 Å². The molecule has 16 heavy (non-hydrogen) atoms. The second kappa shape index (κ2) is 4.28. The molecular formula is C10H10N4OS. The Labute approximate surface area is 96.9 Å². The Balaban J connectivity index is 2.20. The zero-order chi connectivity index (χ0) is 11.5. The lowest BCUT2D eigenvalue weighted by atomic mass is 10.1. The number of H-pyrrole nitrogens is 1. The van der Waals surface area contributed by atoms with Crippen LogP contribution in [0.3, 0.4) is 0 Å². The Morgan fingerprint density at radius 3 is 2.69 bits per heavy atom. The van der Waals surface area contributed by atoms with E-state index in [0.29, 0.717) is 5.56 Å². The van der Waals surface area contributed by atoms with E-state index in [1.807, 2.05) is 18.2 Å². The van der Waals surface area contributed by atoms with Gasteiger partial charge < -0.3 is 5.73 Å². The molecular weight excluding hydrogens is 224 g/mol. The van der Waals surface area contributed by atoms with Crippen LogP contribution in [0, 0.1) is 4.77 Å². The number of anilines is 1. The van der Waals surface area contributed by atoms with E-state index in [2.05, 4.69) is 10.1 Å². The van der Waals surface area contributed by atoms with Crippen LogP contribution in [0.25, 0.3) is 0 Å². The molecule has 3 N–H and O–H groups in total. The minimum Gasteiger partial charge on any atom is -0.368 e. The number of nitrogen functional groups attached to an aromatic ring is 1. The molecule has 6 heteroatoms. The number of carbonyl (C=O) groups excluding carboxylic acids is 1. The van der Waals surface area contributed by atoms with Gasteiger partial charge in [-0.1, -0.05) is 30.3 Å². The lowest BCUT2D eigenvalue weighted by Gasteiger charge is -2.02. The highest BCUT2D eigenvalue weighted by Crippen LogP contribution is 2.04. The number of Topliss-reactive ketones (excluding diaryl/α,β-unsaturated/α-hetero) is 1. The van der Waals surface area contributed by atoms with Crippen molar-refractivity contribution in [1.82, 2.24) is 14.8 Å². The Hall–Kier alpha value is -1.95. The van der Waals surface area contributed by atoms with E-state index in [9.17, 15) is 4.79 Å². The number of nitrogens with two attached hydrogens (primary N) is 1. The number of nitrogens with one attached hydrogen (secondary N) is 1. The SMILES string of the molecule is Nc1nc(=S)[nH]n1CC(=O)c1ccccc1. The topological polar surface area (TPSA) is 76.7 Å². The average molecular weight is 234 g/mol. The molecule has 0 bridgehead atoms. The zero-order valence-corrected chi connectivity index (χ0v) is 9.20. The fourth-order valence-corrected chi connectivity index (χ4v) is 1.55. The molecule has 0 fully saturated rings. The molecule has 0 unspecified atom stereocenters. The van der Waals surface area contributed by atoms with Crippen molar-refractivity contribution in [2.75, 3.05) is 5.73 Å². The molecule has 0 spiro atoms. The number of ketones is 1. The van der Waals surface area contributed by atoms with Crippen molar-refractivity contribution in [2.45, 2.75) is 6.54 Å². The fraction of sp³-hybridized carbons (Fsp3) is 0.100. The van der Waals surface area contributed by atoms with Crippen molar-refractivity contribution < 1.29 is 4.79 Å². The van der Waals surface area contributed by atoms with Crippen LogP contribution in [0.15, 0.2) is 30.3 Å². The number of aromatic amines is 1. The number of hydrogen-bond acceptors (Lipinski definition) is 4. The van der Waals surface area contributed by atoms with Gasteiger partial charge in [0.05, 0.1) is 0 Å². The lowest BCUT2D eigenvalue weighted by molar-refractivity contribution is 0.0968. The summed E-state index contributed by atoms with van der Waals surface area (Å²) in [5, 5.41) is 2.72. The number of carbonyl (C=O) groups is 1. The second-order valence-electron chi connectivity index (χ2n) is 3.26. The van der Waals surface area contributed by atoms with Crippen LogP contribution >= 0.6 is 12.2 Å². The summed E-state index contributed by atoms with van der Waals surface area (Å²) in [6, 6.07) is 8.99. The highest BCUT2D eigenvalue weighted by Gasteiger charge is 2.08. The van der Waals surface area contributed by atoms with E-state index >= 15 is 0 Å². The monoisotopic (exact) mass is 234 g/mol. The van der Waals surface area contributed by atoms with Crippen molar-refractivity contribution in [2.24, 2.45) is 0 Å². The van der Waals surface area contributed by atoms with Gasteiger partial charge in [-0.15, -0.1) is 0 Å². The van der Waals surface area contributed by atoms with Crippen LogP contribution in [0.4, 0.5) is 5.95 Å². The third-order valence-electron chi connectivity index (χ3n) is 2.12. The smallest absolute Gasteiger partial charge is 0.218 e. The maximum atomic E-state index is 11.8. The number of benzene rings is 1. The fourth-order valence-electron chi connectivity index (χ4n) is 1.34. The number of nitrogens with zero attached hydrogens (tertiary/aromatic N) is 2. The molecule has 2 aromatic rings. The van der Waals surface area contributed by atoms with Crippen LogP contribution in [0.2, 0.25) is 0 Å². The standard InChI is InChI=1S/C10H10N4OS/c11-9-12-10(16)13-14(9)6-8(15)7-4-2-1-3-5-7/h1-5H,6H2,(H3,11,12,13,16). The Kier molecular flexibility index (Phi) is 2.82. The Morgan fingerprint density at radius 1 is 1.44 bits per heavy atom. The minimum atomic E-state index is -0.0454. The largest absolute Gasteiger partial charge is 0.368 e. The predicted molar refractivity (Wildman–Crippen MR) is 62.6 cm³/mol. The third-order valence-corrected chi connectivity index (χ3v) is 2.30. The van der Waals surface area contributed by atoms with Gasteiger partial charge in [0.2, 0.25) is 10.7 Å². The second-order valence-corrected chi connectivity index (χ2v) is 3.65. The molecule has 0 aliphatic heterocycles.